The van der Waals surface area contributed by atoms with E-state index in [4.69, 9.17) is 75.8 Å². The summed E-state index contributed by atoms with van der Waals surface area (Å²) in [6.07, 6.45) is 1.55. The van der Waals surface area contributed by atoms with Crippen molar-refractivity contribution in [3.63, 3.8) is 0 Å². The Morgan fingerprint density at radius 3 is 0.962 bits per heavy atom. The van der Waals surface area contributed by atoms with Crippen molar-refractivity contribution < 1.29 is 138 Å². The third-order valence-corrected chi connectivity index (χ3v) is 21.8. The first-order valence-corrected chi connectivity index (χ1v) is 43.8. The summed E-state index contributed by atoms with van der Waals surface area (Å²) in [5.41, 5.74) is 5.03. The maximum atomic E-state index is 13.0. The van der Waals surface area contributed by atoms with Crippen LogP contribution < -0.4 is 18.9 Å². The highest BCUT2D eigenvalue weighted by Gasteiger charge is 2.50. The van der Waals surface area contributed by atoms with Crippen molar-refractivity contribution in [1.82, 2.24) is 39.2 Å². The van der Waals surface area contributed by atoms with Crippen molar-refractivity contribution in [2.75, 3.05) is 81.5 Å². The van der Waals surface area contributed by atoms with E-state index in [2.05, 4.69) is 26.3 Å². The van der Waals surface area contributed by atoms with Crippen molar-refractivity contribution in [2.24, 2.45) is 0 Å². The first-order valence-electron chi connectivity index (χ1n) is 43.8. The quantitative estimate of drug-likeness (QED) is 0.0219. The zero-order valence-electron chi connectivity index (χ0n) is 79.1. The first kappa shape index (κ1) is 103. The van der Waals surface area contributed by atoms with Crippen LogP contribution in [0.5, 0.6) is 23.0 Å². The SMILES string of the molecule is C=CCCC(=O)c1cccc2c1CN(C(=O)O[C@@H]1C[C@@H](C(=O)OC)N(C(=O)OC(C)(C)C)C1)C2.C=CCCOc1cccc2c1CN(C(=O)O[C@@H]1C[C@@H](C(=O)OC)N(C(=O)OC(C)(C)C)C1)C2.C=CCOc1cc(OC)cc2c1CN(C(=O)O[C@@H]1C[C@@H](C(=O)OC)N(C(=O)OC(C)(C)C)C1)C2.C=CCOc1cccc2c1CN(C(=O)O[C@@H]1C[C@@H](C(=O)OC)N(C(=O)OC(C)(C)C)C1)C2. The van der Waals surface area contributed by atoms with Gasteiger partial charge in [0.05, 0.1) is 94.5 Å². The number of ketones is 1. The van der Waals surface area contributed by atoms with Gasteiger partial charge >= 0.3 is 72.6 Å². The summed E-state index contributed by atoms with van der Waals surface area (Å²) in [7, 11) is 6.56. The molecule has 0 N–H and O–H groups in total. The van der Waals surface area contributed by atoms with Crippen LogP contribution in [0.1, 0.15) is 183 Å². The monoisotopic (exact) mass is 1850 g/mol. The van der Waals surface area contributed by atoms with E-state index in [0.29, 0.717) is 101 Å². The van der Waals surface area contributed by atoms with E-state index >= 15 is 0 Å². The molecule has 8 heterocycles. The predicted octanol–water partition coefficient (Wildman–Crippen LogP) is 14.0. The lowest BCUT2D eigenvalue weighted by Crippen LogP contribution is -2.44. The Morgan fingerprint density at radius 2 is 0.647 bits per heavy atom. The van der Waals surface area contributed by atoms with E-state index in [9.17, 15) is 62.3 Å². The smallest absolute Gasteiger partial charge is 0.411 e. The number of Topliss-reactive ketones (excluding diaryl/α,β-unsaturated/α-hetero) is 1. The van der Waals surface area contributed by atoms with Crippen molar-refractivity contribution in [3.05, 3.63) is 167 Å². The van der Waals surface area contributed by atoms with Gasteiger partial charge in [0, 0.05) is 86.6 Å². The third kappa shape index (κ3) is 28.2. The van der Waals surface area contributed by atoms with E-state index in [1.54, 1.807) is 136 Å². The minimum atomic E-state index is -0.900. The number of rotatable bonds is 23. The number of nitrogens with zero attached hydrogens (tertiary/aromatic N) is 8. The van der Waals surface area contributed by atoms with Crippen LogP contribution in [-0.2, 0) is 128 Å². The summed E-state index contributed by atoms with van der Waals surface area (Å²) in [6.45, 7) is 39.6. The van der Waals surface area contributed by atoms with E-state index in [1.807, 2.05) is 54.6 Å². The number of benzene rings is 4. The average molecular weight is 1860 g/mol. The molecule has 37 heteroatoms. The number of methoxy groups -OCH3 is 5. The van der Waals surface area contributed by atoms with E-state index < -0.39 is 144 Å². The van der Waals surface area contributed by atoms with Gasteiger partial charge in [-0.3, -0.25) is 44.0 Å². The topological polar surface area (TPSA) is 396 Å². The Hall–Kier alpha value is -13.2. The number of amides is 8. The number of carbonyl (C=O) groups is 13. The summed E-state index contributed by atoms with van der Waals surface area (Å²) in [6, 6.07) is 17.0. The van der Waals surface area contributed by atoms with Gasteiger partial charge in [0.2, 0.25) is 0 Å². The summed E-state index contributed by atoms with van der Waals surface area (Å²) in [5, 5.41) is 0. The minimum absolute atomic E-state index is 0.0108. The molecular weight excluding hydrogens is 1730 g/mol. The Labute approximate surface area is 775 Å². The Bertz CT molecular complexity index is 4950. The molecule has 0 saturated carbocycles. The zero-order valence-corrected chi connectivity index (χ0v) is 79.1. The Morgan fingerprint density at radius 1 is 0.346 bits per heavy atom. The number of hydrogen-bond acceptors (Lipinski definition) is 29. The molecule has 0 aliphatic carbocycles. The van der Waals surface area contributed by atoms with Crippen LogP contribution in [0.4, 0.5) is 38.4 Å². The Kier molecular flexibility index (Phi) is 35.6. The highest BCUT2D eigenvalue weighted by Crippen LogP contribution is 2.40. The second-order valence-corrected chi connectivity index (χ2v) is 36.4. The fraction of sp³-hybridized carbons (Fsp3) is 0.531. The molecule has 4 aromatic rings. The van der Waals surface area contributed by atoms with Crippen molar-refractivity contribution in [3.8, 4) is 23.0 Å². The summed E-state index contributed by atoms with van der Waals surface area (Å²) in [4.78, 5) is 175. The van der Waals surface area contributed by atoms with E-state index in [0.717, 1.165) is 56.7 Å². The molecule has 724 valence electrons. The molecule has 4 aromatic carbocycles. The van der Waals surface area contributed by atoms with Gasteiger partial charge in [-0.25, -0.2) is 57.5 Å². The molecule has 8 amide bonds. The second kappa shape index (κ2) is 45.7. The molecule has 0 aromatic heterocycles. The summed E-state index contributed by atoms with van der Waals surface area (Å²) < 4.78 is 86.2. The first-order chi connectivity index (χ1) is 62.8. The molecule has 8 atom stereocenters. The molecule has 0 spiro atoms. The average Bonchev–Trinajstić information content (AvgIpc) is 1.67. The predicted molar refractivity (Wildman–Crippen MR) is 479 cm³/mol. The Balaban J connectivity index is 0.000000199. The molecule has 4 fully saturated rings. The number of likely N-dealkylation sites (tertiary alicyclic amines) is 4. The van der Waals surface area contributed by atoms with Gasteiger partial charge < -0.3 is 75.8 Å². The molecule has 12 rings (SSSR count). The van der Waals surface area contributed by atoms with Gasteiger partial charge in [0.15, 0.2) is 5.78 Å². The fourth-order valence-corrected chi connectivity index (χ4v) is 15.8. The molecule has 0 bridgehead atoms. The van der Waals surface area contributed by atoms with Gasteiger partial charge in [0.1, 0.15) is 107 Å². The molecule has 37 nitrogen and oxygen atoms in total. The molecular formula is C96H126N8O29. The largest absolute Gasteiger partial charge is 0.497 e. The highest BCUT2D eigenvalue weighted by molar-refractivity contribution is 5.98. The standard InChI is InChI=1S/C25H32N2O7.C24H32N2O8.C24H32N2O7.C23H30N2O7/c1-6-7-11-21(28)18-10-8-9-16-13-26(15-19(16)18)23(30)33-17-12-20(22(29)32-5)27(14-17)24(31)34-25(2,3)4;1-7-8-32-20-11-16(30-5)9-15-12-25(14-18(15)20)22(28)33-17-10-19(21(27)31-6)26(13-17)23(29)34-24(2,3)4;1-6-7-11-31-20-10-8-9-16-13-25(15-18(16)20)22(28)32-17-12-19(21(27)30-5)26(14-17)23(29)33-24(2,3)4;1-6-10-30-19-9-7-8-15-12-24(14-17(15)19)21(27)31-16-11-18(20(26)29-5)25(13-16)22(28)32-23(2,3)4/h6,8-10,17,20H,1,7,11-15H2,2-5H3;7,9,11,17,19H,1,8,10,12-14H2,2-6H3;6,8-10,17,19H,1,7,11-15H2,2-5H3;6-9,16,18H,1,10-14H2,2-5H3/t17-,20+;2*17-,19+;16-,18+/m1111/s1. The number of hydrogen-bond donors (Lipinski definition) is 0. The summed E-state index contributed by atoms with van der Waals surface area (Å²) >= 11 is 0. The second-order valence-electron chi connectivity index (χ2n) is 36.4. The molecule has 0 radical (unpaired) electrons. The molecule has 133 heavy (non-hydrogen) atoms. The minimum Gasteiger partial charge on any atom is -0.497 e. The van der Waals surface area contributed by atoms with Crippen molar-refractivity contribution in [1.29, 1.82) is 0 Å². The number of fused-ring (bicyclic) bond motifs is 4. The third-order valence-electron chi connectivity index (χ3n) is 21.8. The zero-order chi connectivity index (χ0) is 97.7. The molecule has 4 saturated heterocycles. The number of ether oxygens (including phenoxy) is 16. The van der Waals surface area contributed by atoms with Gasteiger partial charge in [0.25, 0.3) is 0 Å². The normalized spacial score (nSPS) is 19.6. The molecule has 8 aliphatic rings. The van der Waals surface area contributed by atoms with Crippen LogP contribution in [0, 0.1) is 0 Å². The lowest BCUT2D eigenvalue weighted by molar-refractivity contribution is -0.146. The van der Waals surface area contributed by atoms with Crippen molar-refractivity contribution in [2.45, 2.75) is 251 Å². The maximum Gasteiger partial charge on any atom is 0.411 e. The number of carbonyl (C=O) groups excluding carboxylic acids is 13. The van der Waals surface area contributed by atoms with Crippen LogP contribution in [0.2, 0.25) is 0 Å². The van der Waals surface area contributed by atoms with Crippen LogP contribution in [-0.4, -0.2) is 270 Å². The summed E-state index contributed by atoms with van der Waals surface area (Å²) in [5.74, 6) is 0.366. The number of esters is 4. The highest BCUT2D eigenvalue weighted by atomic mass is 16.6. The van der Waals surface area contributed by atoms with E-state index in [-0.39, 0.29) is 64.2 Å². The van der Waals surface area contributed by atoms with Crippen LogP contribution in [0.3, 0.4) is 0 Å². The van der Waals surface area contributed by atoms with Crippen LogP contribution >= 0.6 is 0 Å². The van der Waals surface area contributed by atoms with Gasteiger partial charge in [-0.2, -0.15) is 0 Å². The van der Waals surface area contributed by atoms with Crippen LogP contribution in [0.15, 0.2) is 117 Å². The molecule has 0 unspecified atom stereocenters. The maximum absolute atomic E-state index is 13.0. The molecule has 8 aliphatic heterocycles. The van der Waals surface area contributed by atoms with Gasteiger partial charge in [-0.05, 0) is 142 Å². The van der Waals surface area contributed by atoms with Crippen LogP contribution in [0.25, 0.3) is 0 Å². The van der Waals surface area contributed by atoms with E-state index in [1.165, 1.54) is 57.8 Å². The van der Waals surface area contributed by atoms with Crippen molar-refractivity contribution >= 4 is 78.4 Å². The lowest BCUT2D eigenvalue weighted by Gasteiger charge is -2.27. The van der Waals surface area contributed by atoms with Gasteiger partial charge in [-0.15, -0.1) is 13.2 Å². The fourth-order valence-electron chi connectivity index (χ4n) is 15.8. The lowest BCUT2D eigenvalue weighted by atomic mass is 9.98. The van der Waals surface area contributed by atoms with Gasteiger partial charge in [-0.1, -0.05) is 79.9 Å². The number of allylic oxidation sites excluding steroid dienone is 1.